The molecule has 212 valence electrons. The highest BCUT2D eigenvalue weighted by molar-refractivity contribution is 5.91. The molecule has 0 aliphatic carbocycles. The summed E-state index contributed by atoms with van der Waals surface area (Å²) in [5.41, 5.74) is 4.05. The van der Waals surface area contributed by atoms with E-state index in [2.05, 4.69) is 59.0 Å². The molecule has 7 nitrogen and oxygen atoms in total. The molecule has 2 amide bonds. The molecule has 40 heavy (non-hydrogen) atoms. The van der Waals surface area contributed by atoms with Crippen LogP contribution in [-0.2, 0) is 15.1 Å². The molecule has 1 saturated heterocycles. The van der Waals surface area contributed by atoms with Gasteiger partial charge in [-0.25, -0.2) is 9.18 Å². The van der Waals surface area contributed by atoms with Crippen molar-refractivity contribution in [3.8, 4) is 11.1 Å². The summed E-state index contributed by atoms with van der Waals surface area (Å²) in [5.74, 6) is -0.298. The number of benzene rings is 3. The Hall–Kier alpha value is -4.07. The van der Waals surface area contributed by atoms with E-state index in [1.54, 1.807) is 19.1 Å². The van der Waals surface area contributed by atoms with Crippen molar-refractivity contribution in [3.63, 3.8) is 0 Å². The Morgan fingerprint density at radius 1 is 0.900 bits per heavy atom. The van der Waals surface area contributed by atoms with Crippen molar-refractivity contribution in [3.05, 3.63) is 78.1 Å². The minimum atomic E-state index is -0.635. The topological polar surface area (TPSA) is 82.7 Å². The van der Waals surface area contributed by atoms with Crippen LogP contribution in [0.5, 0.6) is 0 Å². The molecule has 1 aliphatic rings. The van der Waals surface area contributed by atoms with Crippen LogP contribution in [0.25, 0.3) is 11.1 Å². The van der Waals surface area contributed by atoms with Gasteiger partial charge in [0.2, 0.25) is 5.91 Å². The lowest BCUT2D eigenvalue weighted by molar-refractivity contribution is -0.119. The number of hydrogen-bond donors (Lipinski definition) is 3. The van der Waals surface area contributed by atoms with Gasteiger partial charge in [-0.1, -0.05) is 30.3 Å². The van der Waals surface area contributed by atoms with Gasteiger partial charge in [0, 0.05) is 31.7 Å². The summed E-state index contributed by atoms with van der Waals surface area (Å²) in [4.78, 5) is 26.3. The van der Waals surface area contributed by atoms with Gasteiger partial charge in [-0.2, -0.15) is 0 Å². The van der Waals surface area contributed by atoms with Crippen LogP contribution in [0, 0.1) is 5.82 Å². The standard InChI is InChI=1S/C32H39FN4O3/c1-21(38)34-26-17-18-37(20-26)27-14-10-24(11-15-27)32(5,6)36-29-19-23(22-7-12-25(33)13-8-22)9-16-28(29)35-30(39)40-31(2,3)4/h7-16,19,26,36H,17-18,20H2,1-6H3,(H,34,38)(H,35,39). The van der Waals surface area contributed by atoms with Gasteiger partial charge in [0.1, 0.15) is 11.4 Å². The molecule has 1 aliphatic heterocycles. The van der Waals surface area contributed by atoms with Gasteiger partial charge in [0.25, 0.3) is 0 Å². The molecule has 1 fully saturated rings. The van der Waals surface area contributed by atoms with Crippen molar-refractivity contribution in [2.45, 2.75) is 65.1 Å². The number of rotatable bonds is 7. The fraction of sp³-hybridized carbons (Fsp3) is 0.375. The van der Waals surface area contributed by atoms with E-state index in [1.165, 1.54) is 12.1 Å². The van der Waals surface area contributed by atoms with Crippen LogP contribution in [0.15, 0.2) is 66.7 Å². The molecule has 0 spiro atoms. The van der Waals surface area contributed by atoms with Crippen molar-refractivity contribution >= 4 is 29.1 Å². The summed E-state index contributed by atoms with van der Waals surface area (Å²) >= 11 is 0. The van der Waals surface area contributed by atoms with Crippen LogP contribution in [0.4, 0.5) is 26.2 Å². The molecule has 8 heteroatoms. The Kier molecular flexibility index (Phi) is 8.37. The molecular weight excluding hydrogens is 507 g/mol. The Labute approximate surface area is 236 Å². The van der Waals surface area contributed by atoms with Gasteiger partial charge in [-0.05, 0) is 94.1 Å². The van der Waals surface area contributed by atoms with E-state index in [9.17, 15) is 14.0 Å². The van der Waals surface area contributed by atoms with Crippen molar-refractivity contribution in [1.29, 1.82) is 0 Å². The Morgan fingerprint density at radius 3 is 2.17 bits per heavy atom. The summed E-state index contributed by atoms with van der Waals surface area (Å²) in [6, 6.07) is 20.5. The Bertz CT molecular complexity index is 1350. The molecule has 1 heterocycles. The van der Waals surface area contributed by atoms with E-state index >= 15 is 0 Å². The number of carbonyl (C=O) groups is 2. The van der Waals surface area contributed by atoms with Crippen LogP contribution < -0.4 is 20.9 Å². The highest BCUT2D eigenvalue weighted by Crippen LogP contribution is 2.35. The molecule has 1 atom stereocenters. The first-order chi connectivity index (χ1) is 18.8. The zero-order valence-corrected chi connectivity index (χ0v) is 24.1. The van der Waals surface area contributed by atoms with Crippen molar-refractivity contribution in [2.75, 3.05) is 28.6 Å². The first-order valence-electron chi connectivity index (χ1n) is 13.6. The van der Waals surface area contributed by atoms with Crippen LogP contribution in [0.1, 0.15) is 53.5 Å². The number of ether oxygens (including phenoxy) is 1. The molecule has 1 unspecified atom stereocenters. The average molecular weight is 547 g/mol. The van der Waals surface area contributed by atoms with E-state index in [-0.39, 0.29) is 17.8 Å². The van der Waals surface area contributed by atoms with Gasteiger partial charge >= 0.3 is 6.09 Å². The third-order valence-electron chi connectivity index (χ3n) is 6.83. The number of hydrogen-bond acceptors (Lipinski definition) is 5. The van der Waals surface area contributed by atoms with Gasteiger partial charge in [0.15, 0.2) is 0 Å². The van der Waals surface area contributed by atoms with Gasteiger partial charge in [-0.15, -0.1) is 0 Å². The molecular formula is C32H39FN4O3. The van der Waals surface area contributed by atoms with Gasteiger partial charge in [0.05, 0.1) is 16.9 Å². The predicted molar refractivity (Wildman–Crippen MR) is 159 cm³/mol. The number of nitrogens with zero attached hydrogens (tertiary/aromatic N) is 1. The lowest BCUT2D eigenvalue weighted by Crippen LogP contribution is -2.35. The number of anilines is 3. The maximum atomic E-state index is 13.5. The molecule has 0 radical (unpaired) electrons. The van der Waals surface area contributed by atoms with E-state index in [4.69, 9.17) is 4.74 Å². The lowest BCUT2D eigenvalue weighted by atomic mass is 9.93. The smallest absolute Gasteiger partial charge is 0.412 e. The number of halogens is 1. The fourth-order valence-corrected chi connectivity index (χ4v) is 4.89. The molecule has 4 rings (SSSR count). The second-order valence-corrected chi connectivity index (χ2v) is 11.8. The minimum Gasteiger partial charge on any atom is -0.444 e. The maximum Gasteiger partial charge on any atom is 0.412 e. The number of amides is 2. The summed E-state index contributed by atoms with van der Waals surface area (Å²) < 4.78 is 19.0. The number of carbonyl (C=O) groups excluding carboxylic acids is 2. The third kappa shape index (κ3) is 7.52. The molecule has 3 N–H and O–H groups in total. The third-order valence-corrected chi connectivity index (χ3v) is 6.83. The summed E-state index contributed by atoms with van der Waals surface area (Å²) in [5, 5.41) is 9.48. The molecule has 0 bridgehead atoms. The van der Waals surface area contributed by atoms with Gasteiger partial charge in [-0.3, -0.25) is 10.1 Å². The monoisotopic (exact) mass is 546 g/mol. The van der Waals surface area contributed by atoms with Crippen molar-refractivity contribution in [1.82, 2.24) is 5.32 Å². The molecule has 0 aromatic heterocycles. The normalized spacial score (nSPS) is 15.5. The second-order valence-electron chi connectivity index (χ2n) is 11.8. The summed E-state index contributed by atoms with van der Waals surface area (Å²) in [6.07, 6.45) is 0.377. The number of nitrogens with one attached hydrogen (secondary N) is 3. The van der Waals surface area contributed by atoms with Crippen LogP contribution in [0.2, 0.25) is 0 Å². The van der Waals surface area contributed by atoms with Crippen LogP contribution >= 0.6 is 0 Å². The van der Waals surface area contributed by atoms with E-state index < -0.39 is 17.2 Å². The second kappa shape index (κ2) is 11.6. The van der Waals surface area contributed by atoms with Crippen LogP contribution in [-0.4, -0.2) is 36.7 Å². The minimum absolute atomic E-state index is 0.000882. The van der Waals surface area contributed by atoms with Crippen LogP contribution in [0.3, 0.4) is 0 Å². The molecule has 3 aromatic carbocycles. The predicted octanol–water partition coefficient (Wildman–Crippen LogP) is 6.90. The first-order valence-corrected chi connectivity index (χ1v) is 13.6. The van der Waals surface area contributed by atoms with Crippen molar-refractivity contribution < 1.29 is 18.7 Å². The Balaban J connectivity index is 1.57. The largest absolute Gasteiger partial charge is 0.444 e. The zero-order valence-electron chi connectivity index (χ0n) is 24.1. The first kappa shape index (κ1) is 28.9. The summed E-state index contributed by atoms with van der Waals surface area (Å²) in [7, 11) is 0. The zero-order chi connectivity index (χ0) is 29.1. The fourth-order valence-electron chi connectivity index (χ4n) is 4.89. The average Bonchev–Trinajstić information content (AvgIpc) is 3.32. The Morgan fingerprint density at radius 2 is 1.55 bits per heavy atom. The van der Waals surface area contributed by atoms with E-state index in [1.807, 2.05) is 39.0 Å². The van der Waals surface area contributed by atoms with Crippen molar-refractivity contribution in [2.24, 2.45) is 0 Å². The van der Waals surface area contributed by atoms with E-state index in [0.29, 0.717) is 11.4 Å². The maximum absolute atomic E-state index is 13.5. The molecule has 0 saturated carbocycles. The van der Waals surface area contributed by atoms with E-state index in [0.717, 1.165) is 41.9 Å². The molecule has 3 aromatic rings. The SMILES string of the molecule is CC(=O)NC1CCN(c2ccc(C(C)(C)Nc3cc(-c4ccc(F)cc4)ccc3NC(=O)OC(C)(C)C)cc2)C1. The quantitative estimate of drug-likeness (QED) is 0.300. The summed E-state index contributed by atoms with van der Waals surface area (Å²) in [6.45, 7) is 12.8. The highest BCUT2D eigenvalue weighted by Gasteiger charge is 2.26. The highest BCUT2D eigenvalue weighted by atomic mass is 19.1. The van der Waals surface area contributed by atoms with Gasteiger partial charge < -0.3 is 20.3 Å². The lowest BCUT2D eigenvalue weighted by Gasteiger charge is -2.31.